The SMILES string of the molecule is COc1ccc(C23Cc4ncccc4C(=O)N2CCN3C(=O)c2ccc(C)nc2)cc1. The van der Waals surface area contributed by atoms with Crippen molar-refractivity contribution in [3.8, 4) is 5.75 Å². The van der Waals surface area contributed by atoms with Crippen molar-refractivity contribution in [2.24, 2.45) is 0 Å². The number of ether oxygens (including phenoxy) is 1. The van der Waals surface area contributed by atoms with E-state index in [1.165, 1.54) is 0 Å². The highest BCUT2D eigenvalue weighted by atomic mass is 16.5. The number of hydrogen-bond donors (Lipinski definition) is 0. The van der Waals surface area contributed by atoms with Crippen LogP contribution in [0.25, 0.3) is 0 Å². The fraction of sp³-hybridized carbons (Fsp3) is 0.250. The van der Waals surface area contributed by atoms with Gasteiger partial charge in [0.25, 0.3) is 11.8 Å². The number of rotatable bonds is 3. The fourth-order valence-electron chi connectivity index (χ4n) is 4.62. The maximum Gasteiger partial charge on any atom is 0.257 e. The maximum atomic E-state index is 13.6. The van der Waals surface area contributed by atoms with Crippen LogP contribution in [0.3, 0.4) is 0 Å². The Morgan fingerprint density at radius 1 is 1.06 bits per heavy atom. The van der Waals surface area contributed by atoms with Crippen molar-refractivity contribution < 1.29 is 14.3 Å². The van der Waals surface area contributed by atoms with Crippen LogP contribution in [-0.4, -0.2) is 51.8 Å². The normalized spacial score (nSPS) is 19.7. The molecule has 1 unspecified atom stereocenters. The molecule has 4 heterocycles. The Kier molecular flexibility index (Phi) is 4.46. The first-order chi connectivity index (χ1) is 15.0. The third-order valence-corrected chi connectivity index (χ3v) is 6.18. The van der Waals surface area contributed by atoms with Gasteiger partial charge in [-0.3, -0.25) is 19.6 Å². The van der Waals surface area contributed by atoms with Gasteiger partial charge in [-0.1, -0.05) is 12.1 Å². The van der Waals surface area contributed by atoms with E-state index in [0.29, 0.717) is 42.1 Å². The highest BCUT2D eigenvalue weighted by Crippen LogP contribution is 2.45. The highest BCUT2D eigenvalue weighted by molar-refractivity contribution is 6.00. The monoisotopic (exact) mass is 414 g/mol. The van der Waals surface area contributed by atoms with E-state index in [9.17, 15) is 9.59 Å². The first-order valence-corrected chi connectivity index (χ1v) is 10.2. The van der Waals surface area contributed by atoms with E-state index in [4.69, 9.17) is 4.74 Å². The molecule has 0 aliphatic carbocycles. The molecule has 3 aromatic rings. The quantitative estimate of drug-likeness (QED) is 0.659. The van der Waals surface area contributed by atoms with Gasteiger partial charge in [0.1, 0.15) is 11.4 Å². The van der Waals surface area contributed by atoms with E-state index in [2.05, 4.69) is 9.97 Å². The molecule has 2 amide bonds. The summed E-state index contributed by atoms with van der Waals surface area (Å²) < 4.78 is 5.32. The third-order valence-electron chi connectivity index (χ3n) is 6.18. The van der Waals surface area contributed by atoms with Gasteiger partial charge in [-0.25, -0.2) is 0 Å². The van der Waals surface area contributed by atoms with Crippen molar-refractivity contribution in [2.75, 3.05) is 20.2 Å². The standard InChI is InChI=1S/C24H22N4O3/c1-16-5-6-17(15-26-16)22(29)27-12-13-28-23(30)20-4-3-11-25-21(20)14-24(27,28)18-7-9-19(31-2)10-8-18/h3-11,15H,12-14H2,1-2H3. The molecular weight excluding hydrogens is 392 g/mol. The molecule has 0 N–H and O–H groups in total. The summed E-state index contributed by atoms with van der Waals surface area (Å²) in [6.45, 7) is 2.76. The summed E-state index contributed by atoms with van der Waals surface area (Å²) in [4.78, 5) is 39.5. The van der Waals surface area contributed by atoms with E-state index in [0.717, 1.165) is 11.3 Å². The molecule has 0 radical (unpaired) electrons. The zero-order valence-electron chi connectivity index (χ0n) is 17.4. The smallest absolute Gasteiger partial charge is 0.257 e. The number of benzene rings is 1. The van der Waals surface area contributed by atoms with Gasteiger partial charge in [0, 0.05) is 37.6 Å². The number of fused-ring (bicyclic) bond motifs is 2. The van der Waals surface area contributed by atoms with Crippen LogP contribution in [0.4, 0.5) is 0 Å². The van der Waals surface area contributed by atoms with Crippen LogP contribution >= 0.6 is 0 Å². The average molecular weight is 414 g/mol. The minimum Gasteiger partial charge on any atom is -0.497 e. The summed E-state index contributed by atoms with van der Waals surface area (Å²) in [7, 11) is 1.61. The van der Waals surface area contributed by atoms with Gasteiger partial charge in [0.2, 0.25) is 0 Å². The van der Waals surface area contributed by atoms with E-state index < -0.39 is 5.66 Å². The highest BCUT2D eigenvalue weighted by Gasteiger charge is 2.56. The van der Waals surface area contributed by atoms with Crippen LogP contribution in [-0.2, 0) is 12.1 Å². The summed E-state index contributed by atoms with van der Waals surface area (Å²) in [5.74, 6) is 0.450. The molecule has 0 spiro atoms. The van der Waals surface area contributed by atoms with Crippen LogP contribution in [0.2, 0.25) is 0 Å². The summed E-state index contributed by atoms with van der Waals surface area (Å²) in [5.41, 5.74) is 2.53. The Morgan fingerprint density at radius 2 is 1.87 bits per heavy atom. The number of carbonyl (C=O) groups excluding carboxylic acids is 2. The lowest BCUT2D eigenvalue weighted by molar-refractivity contribution is 0.00701. The number of nitrogens with zero attached hydrogens (tertiary/aromatic N) is 4. The Bertz CT molecular complexity index is 1160. The topological polar surface area (TPSA) is 75.6 Å². The Morgan fingerprint density at radius 3 is 2.58 bits per heavy atom. The summed E-state index contributed by atoms with van der Waals surface area (Å²) in [6.07, 6.45) is 3.71. The first kappa shape index (κ1) is 19.2. The average Bonchev–Trinajstić information content (AvgIpc) is 3.20. The van der Waals surface area contributed by atoms with Crippen molar-refractivity contribution in [1.29, 1.82) is 0 Å². The second-order valence-electron chi connectivity index (χ2n) is 7.82. The molecule has 7 heteroatoms. The van der Waals surface area contributed by atoms with Crippen molar-refractivity contribution in [3.05, 3.63) is 89.0 Å². The van der Waals surface area contributed by atoms with Crippen LogP contribution in [0.1, 0.15) is 37.7 Å². The Hall–Kier alpha value is -3.74. The van der Waals surface area contributed by atoms with Gasteiger partial charge >= 0.3 is 0 Å². The molecule has 2 aromatic heterocycles. The molecule has 5 rings (SSSR count). The molecule has 7 nitrogen and oxygen atoms in total. The van der Waals surface area contributed by atoms with Crippen LogP contribution in [0.5, 0.6) is 5.75 Å². The third kappa shape index (κ3) is 2.88. The molecule has 1 aromatic carbocycles. The molecule has 1 fully saturated rings. The maximum absolute atomic E-state index is 13.6. The zero-order chi connectivity index (χ0) is 21.6. The second-order valence-corrected chi connectivity index (χ2v) is 7.82. The predicted octanol–water partition coefficient (Wildman–Crippen LogP) is 2.80. The summed E-state index contributed by atoms with van der Waals surface area (Å²) in [5, 5.41) is 0. The number of hydrogen-bond acceptors (Lipinski definition) is 5. The van der Waals surface area contributed by atoms with Gasteiger partial charge in [-0.05, 0) is 48.9 Å². The second kappa shape index (κ2) is 7.19. The summed E-state index contributed by atoms with van der Waals surface area (Å²) in [6, 6.07) is 14.7. The molecular formula is C24H22N4O3. The number of pyridine rings is 2. The zero-order valence-corrected chi connectivity index (χ0v) is 17.4. The van der Waals surface area contributed by atoms with Crippen molar-refractivity contribution in [3.63, 3.8) is 0 Å². The minimum atomic E-state index is -0.952. The lowest BCUT2D eigenvalue weighted by Gasteiger charge is -2.46. The number of amides is 2. The van der Waals surface area contributed by atoms with E-state index in [-0.39, 0.29) is 11.8 Å². The minimum absolute atomic E-state index is 0.109. The number of aryl methyl sites for hydroxylation is 1. The largest absolute Gasteiger partial charge is 0.497 e. The van der Waals surface area contributed by atoms with Gasteiger partial charge in [-0.2, -0.15) is 0 Å². The van der Waals surface area contributed by atoms with E-state index in [1.54, 1.807) is 47.5 Å². The number of aromatic nitrogens is 2. The molecule has 2 aliphatic rings. The molecule has 1 atom stereocenters. The van der Waals surface area contributed by atoms with Crippen molar-refractivity contribution >= 4 is 11.8 Å². The van der Waals surface area contributed by atoms with E-state index in [1.807, 2.05) is 37.3 Å². The molecule has 1 saturated heterocycles. The lowest BCUT2D eigenvalue weighted by Crippen LogP contribution is -2.58. The Labute approximate surface area is 180 Å². The molecule has 0 saturated carbocycles. The molecule has 31 heavy (non-hydrogen) atoms. The molecule has 156 valence electrons. The lowest BCUT2D eigenvalue weighted by atomic mass is 9.86. The summed E-state index contributed by atoms with van der Waals surface area (Å²) >= 11 is 0. The van der Waals surface area contributed by atoms with Crippen LogP contribution in [0, 0.1) is 6.92 Å². The van der Waals surface area contributed by atoms with Gasteiger partial charge < -0.3 is 14.5 Å². The fourth-order valence-corrected chi connectivity index (χ4v) is 4.62. The van der Waals surface area contributed by atoms with Crippen molar-refractivity contribution in [2.45, 2.75) is 19.0 Å². The van der Waals surface area contributed by atoms with Gasteiger partial charge in [-0.15, -0.1) is 0 Å². The van der Waals surface area contributed by atoms with Crippen molar-refractivity contribution in [1.82, 2.24) is 19.8 Å². The van der Waals surface area contributed by atoms with Gasteiger partial charge in [0.15, 0.2) is 0 Å². The Balaban J connectivity index is 1.67. The first-order valence-electron chi connectivity index (χ1n) is 10.2. The molecule has 0 bridgehead atoms. The number of carbonyl (C=O) groups is 2. The van der Waals surface area contributed by atoms with Crippen LogP contribution in [0.15, 0.2) is 60.9 Å². The van der Waals surface area contributed by atoms with Crippen LogP contribution < -0.4 is 4.74 Å². The predicted molar refractivity (Wildman–Crippen MR) is 114 cm³/mol. The number of methoxy groups -OCH3 is 1. The molecule has 2 aliphatic heterocycles. The van der Waals surface area contributed by atoms with Gasteiger partial charge in [0.05, 0.1) is 23.9 Å². The van der Waals surface area contributed by atoms with E-state index >= 15 is 0 Å².